The molecule has 2 bridgehead atoms. The molecule has 1 aromatic rings. The van der Waals surface area contributed by atoms with E-state index in [1.807, 2.05) is 0 Å². The number of piperazine rings is 1. The molecule has 24 heavy (non-hydrogen) atoms. The molecule has 0 spiro atoms. The fraction of sp³-hybridized carbons (Fsp3) is 0.632. The number of likely N-dealkylation sites (tertiary alicyclic amines) is 1. The first-order valence-electron chi connectivity index (χ1n) is 9.34. The molecule has 3 aliphatic heterocycles. The minimum Gasteiger partial charge on any atom is -0.334 e. The summed E-state index contributed by atoms with van der Waals surface area (Å²) in [5.74, 6) is 0. The van der Waals surface area contributed by atoms with Gasteiger partial charge in [0, 0.05) is 57.9 Å². The van der Waals surface area contributed by atoms with Crippen LogP contribution < -0.4 is 5.32 Å². The summed E-state index contributed by atoms with van der Waals surface area (Å²) in [5, 5.41) is 3.29. The van der Waals surface area contributed by atoms with Crippen molar-refractivity contribution in [1.29, 1.82) is 0 Å². The first-order valence-corrected chi connectivity index (χ1v) is 9.34. The number of urea groups is 1. The van der Waals surface area contributed by atoms with Gasteiger partial charge in [-0.2, -0.15) is 0 Å². The summed E-state index contributed by atoms with van der Waals surface area (Å²) in [4.78, 5) is 19.6. The molecular formula is C19H28N4O. The van der Waals surface area contributed by atoms with E-state index in [9.17, 15) is 4.79 Å². The van der Waals surface area contributed by atoms with Gasteiger partial charge >= 0.3 is 6.03 Å². The number of nitrogens with zero attached hydrogens (tertiary/aromatic N) is 3. The van der Waals surface area contributed by atoms with Crippen LogP contribution in [0.25, 0.3) is 0 Å². The molecule has 0 aliphatic carbocycles. The minimum atomic E-state index is 0.163. The van der Waals surface area contributed by atoms with Crippen molar-refractivity contribution in [3.8, 4) is 0 Å². The number of benzene rings is 1. The Morgan fingerprint density at radius 3 is 2.79 bits per heavy atom. The van der Waals surface area contributed by atoms with Crippen molar-refractivity contribution < 1.29 is 4.79 Å². The monoisotopic (exact) mass is 328 g/mol. The van der Waals surface area contributed by atoms with E-state index in [0.717, 1.165) is 65.1 Å². The fourth-order valence-electron chi connectivity index (χ4n) is 4.31. The molecule has 5 heteroatoms. The van der Waals surface area contributed by atoms with Gasteiger partial charge in [-0.1, -0.05) is 30.3 Å². The molecule has 5 nitrogen and oxygen atoms in total. The predicted octanol–water partition coefficient (Wildman–Crippen LogP) is 1.40. The quantitative estimate of drug-likeness (QED) is 0.908. The Kier molecular flexibility index (Phi) is 4.72. The summed E-state index contributed by atoms with van der Waals surface area (Å²) in [5.41, 5.74) is 1.39. The zero-order chi connectivity index (χ0) is 16.4. The zero-order valence-electron chi connectivity index (χ0n) is 14.4. The molecule has 0 saturated carbocycles. The molecule has 2 amide bonds. The Morgan fingerprint density at radius 1 is 1.04 bits per heavy atom. The summed E-state index contributed by atoms with van der Waals surface area (Å²) >= 11 is 0. The molecule has 3 saturated heterocycles. The van der Waals surface area contributed by atoms with Crippen molar-refractivity contribution in [2.75, 3.05) is 45.8 Å². The molecular weight excluding hydrogens is 300 g/mol. The van der Waals surface area contributed by atoms with E-state index in [1.54, 1.807) is 0 Å². The summed E-state index contributed by atoms with van der Waals surface area (Å²) < 4.78 is 0. The van der Waals surface area contributed by atoms with Crippen LogP contribution in [-0.4, -0.2) is 78.6 Å². The second kappa shape index (κ2) is 7.11. The summed E-state index contributed by atoms with van der Waals surface area (Å²) in [6.45, 7) is 7.32. The average molecular weight is 328 g/mol. The van der Waals surface area contributed by atoms with Crippen molar-refractivity contribution >= 4 is 6.03 Å². The maximum absolute atomic E-state index is 12.6. The SMILES string of the molecule is O=C(NC1CCN(CCc2ccccc2)C1)N1CC[N@]2CCC1C2. The molecule has 3 atom stereocenters. The van der Waals surface area contributed by atoms with Gasteiger partial charge in [0.05, 0.1) is 0 Å². The highest BCUT2D eigenvalue weighted by Gasteiger charge is 2.36. The highest BCUT2D eigenvalue weighted by atomic mass is 16.2. The molecule has 1 aromatic carbocycles. The number of hydrogen-bond acceptors (Lipinski definition) is 3. The molecule has 0 aromatic heterocycles. The third-order valence-corrected chi connectivity index (χ3v) is 5.77. The lowest BCUT2D eigenvalue weighted by molar-refractivity contribution is 0.140. The number of carbonyl (C=O) groups excluding carboxylic acids is 1. The van der Waals surface area contributed by atoms with Crippen LogP contribution in [0, 0.1) is 0 Å². The van der Waals surface area contributed by atoms with Gasteiger partial charge in [0.25, 0.3) is 0 Å². The minimum absolute atomic E-state index is 0.163. The largest absolute Gasteiger partial charge is 0.334 e. The number of nitrogens with one attached hydrogen (secondary N) is 1. The Labute approximate surface area is 144 Å². The summed E-state index contributed by atoms with van der Waals surface area (Å²) in [6, 6.07) is 11.6. The number of hydrogen-bond donors (Lipinski definition) is 1. The second-order valence-electron chi connectivity index (χ2n) is 7.41. The van der Waals surface area contributed by atoms with Crippen LogP contribution in [0.3, 0.4) is 0 Å². The van der Waals surface area contributed by atoms with E-state index in [2.05, 4.69) is 50.3 Å². The topological polar surface area (TPSA) is 38.8 Å². The first kappa shape index (κ1) is 15.9. The van der Waals surface area contributed by atoms with Crippen molar-refractivity contribution in [3.05, 3.63) is 35.9 Å². The third-order valence-electron chi connectivity index (χ3n) is 5.77. The molecule has 4 rings (SSSR count). The summed E-state index contributed by atoms with van der Waals surface area (Å²) in [7, 11) is 0. The Hall–Kier alpha value is -1.59. The molecule has 2 unspecified atom stereocenters. The number of amides is 2. The van der Waals surface area contributed by atoms with Crippen molar-refractivity contribution in [2.24, 2.45) is 0 Å². The molecule has 0 radical (unpaired) electrons. The number of fused-ring (bicyclic) bond motifs is 2. The molecule has 3 heterocycles. The zero-order valence-corrected chi connectivity index (χ0v) is 14.4. The van der Waals surface area contributed by atoms with E-state index in [1.165, 1.54) is 5.56 Å². The Balaban J connectivity index is 1.22. The first-order chi connectivity index (χ1) is 11.8. The lowest BCUT2D eigenvalue weighted by Gasteiger charge is -2.35. The van der Waals surface area contributed by atoms with Crippen molar-refractivity contribution in [3.63, 3.8) is 0 Å². The van der Waals surface area contributed by atoms with Crippen LogP contribution in [-0.2, 0) is 6.42 Å². The normalized spacial score (nSPS) is 29.8. The van der Waals surface area contributed by atoms with E-state index in [4.69, 9.17) is 0 Å². The molecule has 1 N–H and O–H groups in total. The van der Waals surface area contributed by atoms with Crippen molar-refractivity contribution in [1.82, 2.24) is 20.0 Å². The number of carbonyl (C=O) groups is 1. The Morgan fingerprint density at radius 2 is 1.92 bits per heavy atom. The van der Waals surface area contributed by atoms with Gasteiger partial charge in [-0.3, -0.25) is 4.90 Å². The van der Waals surface area contributed by atoms with Gasteiger partial charge in [0.1, 0.15) is 0 Å². The standard InChI is InChI=1S/C19H28N4O/c24-19(23-13-12-22-11-8-18(23)15-22)20-17-7-10-21(14-17)9-6-16-4-2-1-3-5-16/h1-5,17-18H,6-15H2,(H,20,24). The average Bonchev–Trinajstić information content (AvgIpc) is 3.21. The van der Waals surface area contributed by atoms with Crippen LogP contribution in [0.2, 0.25) is 0 Å². The van der Waals surface area contributed by atoms with E-state index < -0.39 is 0 Å². The van der Waals surface area contributed by atoms with Crippen LogP contribution in [0.15, 0.2) is 30.3 Å². The maximum atomic E-state index is 12.6. The van der Waals surface area contributed by atoms with Crippen LogP contribution in [0.1, 0.15) is 18.4 Å². The van der Waals surface area contributed by atoms with Crippen LogP contribution in [0.5, 0.6) is 0 Å². The second-order valence-corrected chi connectivity index (χ2v) is 7.41. The lowest BCUT2D eigenvalue weighted by atomic mass is 10.1. The van der Waals surface area contributed by atoms with Gasteiger partial charge in [-0.05, 0) is 24.8 Å². The van der Waals surface area contributed by atoms with Gasteiger partial charge < -0.3 is 15.1 Å². The highest BCUT2D eigenvalue weighted by molar-refractivity contribution is 5.75. The number of rotatable bonds is 4. The molecule has 3 fully saturated rings. The third kappa shape index (κ3) is 3.57. The van der Waals surface area contributed by atoms with E-state index in [0.29, 0.717) is 12.1 Å². The van der Waals surface area contributed by atoms with Crippen LogP contribution >= 0.6 is 0 Å². The fourth-order valence-corrected chi connectivity index (χ4v) is 4.31. The molecule has 130 valence electrons. The van der Waals surface area contributed by atoms with Gasteiger partial charge in [0.2, 0.25) is 0 Å². The highest BCUT2D eigenvalue weighted by Crippen LogP contribution is 2.21. The summed E-state index contributed by atoms with van der Waals surface area (Å²) in [6.07, 6.45) is 3.30. The van der Waals surface area contributed by atoms with Crippen LogP contribution in [0.4, 0.5) is 4.79 Å². The van der Waals surface area contributed by atoms with Gasteiger partial charge in [0.15, 0.2) is 0 Å². The van der Waals surface area contributed by atoms with Crippen molar-refractivity contribution in [2.45, 2.75) is 31.3 Å². The Bertz CT molecular complexity index is 564. The van der Waals surface area contributed by atoms with Gasteiger partial charge in [-0.15, -0.1) is 0 Å². The van der Waals surface area contributed by atoms with Gasteiger partial charge in [-0.25, -0.2) is 4.79 Å². The van der Waals surface area contributed by atoms with E-state index in [-0.39, 0.29) is 6.03 Å². The maximum Gasteiger partial charge on any atom is 0.318 e. The molecule has 3 aliphatic rings. The smallest absolute Gasteiger partial charge is 0.318 e. The lowest BCUT2D eigenvalue weighted by Crippen LogP contribution is -2.55. The predicted molar refractivity (Wildman–Crippen MR) is 95.1 cm³/mol. The van der Waals surface area contributed by atoms with E-state index >= 15 is 0 Å².